The molecule has 9 nitrogen and oxygen atoms in total. The predicted molar refractivity (Wildman–Crippen MR) is 302 cm³/mol. The number of phosphoric acid groups is 1. The molecule has 3 N–H and O–H groups in total. The molecular weight excluding hydrogens is 906 g/mol. The summed E-state index contributed by atoms with van der Waals surface area (Å²) < 4.78 is 32.8. The Balaban J connectivity index is 3.85. The molecule has 0 aliphatic carbocycles. The summed E-state index contributed by atoms with van der Waals surface area (Å²) in [6.07, 6.45) is 73.2. The number of hydrogen-bond donors (Lipinski definition) is 2. The van der Waals surface area contributed by atoms with Gasteiger partial charge in [-0.3, -0.25) is 18.6 Å². The fraction of sp³-hybridized carbons (Fsp3) is 0.770. The molecule has 10 heteroatoms. The van der Waals surface area contributed by atoms with E-state index >= 15 is 0 Å². The van der Waals surface area contributed by atoms with Crippen molar-refractivity contribution >= 4 is 19.8 Å². The molecule has 0 heterocycles. The second-order valence-corrected chi connectivity index (χ2v) is 21.0. The number of carbonyl (C=O) groups is 2. The molecule has 0 fully saturated rings. The minimum atomic E-state index is -4.41. The molecule has 0 aromatic carbocycles. The Morgan fingerprint density at radius 2 is 0.817 bits per heavy atom. The van der Waals surface area contributed by atoms with E-state index in [9.17, 15) is 19.0 Å². The Morgan fingerprint density at radius 1 is 0.451 bits per heavy atom. The van der Waals surface area contributed by atoms with Crippen LogP contribution in [-0.4, -0.2) is 49.3 Å². The van der Waals surface area contributed by atoms with Crippen LogP contribution >= 0.6 is 7.82 Å². The third-order valence-electron chi connectivity index (χ3n) is 12.6. The summed E-state index contributed by atoms with van der Waals surface area (Å²) in [4.78, 5) is 35.0. The molecule has 0 aromatic rings. The zero-order chi connectivity index (χ0) is 51.7. The van der Waals surface area contributed by atoms with Gasteiger partial charge >= 0.3 is 19.8 Å². The van der Waals surface area contributed by atoms with Gasteiger partial charge in [0.2, 0.25) is 0 Å². The van der Waals surface area contributed by atoms with E-state index in [1.807, 2.05) is 12.2 Å². The lowest BCUT2D eigenvalue weighted by atomic mass is 10.0. The van der Waals surface area contributed by atoms with E-state index < -0.39 is 32.5 Å². The summed E-state index contributed by atoms with van der Waals surface area (Å²) in [6.45, 7) is 3.53. The van der Waals surface area contributed by atoms with Crippen molar-refractivity contribution in [3.05, 3.63) is 72.9 Å². The van der Waals surface area contributed by atoms with Gasteiger partial charge in [0.05, 0.1) is 19.6 Å². The lowest BCUT2D eigenvalue weighted by molar-refractivity contribution is -0.160. The minimum Gasteiger partial charge on any atom is -0.462 e. The first-order chi connectivity index (χ1) is 34.8. The van der Waals surface area contributed by atoms with Gasteiger partial charge in [0.1, 0.15) is 6.61 Å². The summed E-state index contributed by atoms with van der Waals surface area (Å²) in [5, 5.41) is 0. The van der Waals surface area contributed by atoms with Crippen LogP contribution in [0.15, 0.2) is 72.9 Å². The summed E-state index contributed by atoms with van der Waals surface area (Å²) in [6, 6.07) is 0. The van der Waals surface area contributed by atoms with Crippen molar-refractivity contribution in [2.24, 2.45) is 5.73 Å². The van der Waals surface area contributed by atoms with E-state index in [1.54, 1.807) is 6.08 Å². The summed E-state index contributed by atoms with van der Waals surface area (Å²) in [5.74, 6) is -0.970. The highest BCUT2D eigenvalue weighted by atomic mass is 31.2. The molecular formula is C61H110NO8P. The molecule has 412 valence electrons. The number of hydrogen-bond acceptors (Lipinski definition) is 8. The minimum absolute atomic E-state index is 0.00271. The van der Waals surface area contributed by atoms with Crippen LogP contribution in [0.3, 0.4) is 0 Å². The molecule has 0 bridgehead atoms. The third kappa shape index (κ3) is 56.6. The first-order valence-electron chi connectivity index (χ1n) is 29.4. The molecule has 0 rings (SSSR count). The number of carbonyl (C=O) groups excluding carboxylic acids is 2. The van der Waals surface area contributed by atoms with Gasteiger partial charge in [-0.1, -0.05) is 267 Å². The van der Waals surface area contributed by atoms with Gasteiger partial charge in [0.25, 0.3) is 0 Å². The summed E-state index contributed by atoms with van der Waals surface area (Å²) >= 11 is 0. The highest BCUT2D eigenvalue weighted by molar-refractivity contribution is 7.47. The first kappa shape index (κ1) is 68.5. The molecule has 0 saturated carbocycles. The van der Waals surface area contributed by atoms with Gasteiger partial charge in [-0.05, 0) is 64.2 Å². The molecule has 71 heavy (non-hydrogen) atoms. The third-order valence-corrected chi connectivity index (χ3v) is 13.6. The Kier molecular flexibility index (Phi) is 54.7. The highest BCUT2D eigenvalue weighted by Gasteiger charge is 2.25. The van der Waals surface area contributed by atoms with Crippen LogP contribution in [-0.2, 0) is 32.7 Å². The average molecular weight is 1020 g/mol. The van der Waals surface area contributed by atoms with Crippen LogP contribution in [0.4, 0.5) is 0 Å². The number of rotatable bonds is 55. The molecule has 0 saturated heterocycles. The van der Waals surface area contributed by atoms with Crippen LogP contribution < -0.4 is 5.73 Å². The number of allylic oxidation sites excluding steroid dienone is 11. The van der Waals surface area contributed by atoms with Crippen molar-refractivity contribution in [3.63, 3.8) is 0 Å². The smallest absolute Gasteiger partial charge is 0.462 e. The summed E-state index contributed by atoms with van der Waals surface area (Å²) in [7, 11) is -4.41. The van der Waals surface area contributed by atoms with Crippen molar-refractivity contribution in [1.29, 1.82) is 0 Å². The molecule has 0 radical (unpaired) electrons. The molecule has 0 aliphatic rings. The highest BCUT2D eigenvalue weighted by Crippen LogP contribution is 2.43. The lowest BCUT2D eigenvalue weighted by Crippen LogP contribution is -2.29. The maximum Gasteiger partial charge on any atom is 0.472 e. The van der Waals surface area contributed by atoms with Crippen molar-refractivity contribution in [3.8, 4) is 0 Å². The quantitative estimate of drug-likeness (QED) is 0.0264. The molecule has 2 atom stereocenters. The van der Waals surface area contributed by atoms with Crippen LogP contribution in [0.1, 0.15) is 271 Å². The van der Waals surface area contributed by atoms with Crippen molar-refractivity contribution in [2.75, 3.05) is 26.4 Å². The normalized spacial score (nSPS) is 13.6. The zero-order valence-electron chi connectivity index (χ0n) is 45.9. The topological polar surface area (TPSA) is 134 Å². The largest absolute Gasteiger partial charge is 0.472 e. The fourth-order valence-electron chi connectivity index (χ4n) is 8.30. The maximum atomic E-state index is 12.6. The van der Waals surface area contributed by atoms with Gasteiger partial charge in [-0.15, -0.1) is 0 Å². The number of ether oxygens (including phenoxy) is 2. The second kappa shape index (κ2) is 56.7. The van der Waals surface area contributed by atoms with Crippen LogP contribution in [0.25, 0.3) is 0 Å². The molecule has 0 aromatic heterocycles. The second-order valence-electron chi connectivity index (χ2n) is 19.5. The molecule has 0 spiro atoms. The van der Waals surface area contributed by atoms with E-state index in [2.05, 4.69) is 68.5 Å². The van der Waals surface area contributed by atoms with E-state index in [1.165, 1.54) is 193 Å². The Hall–Kier alpha value is -2.55. The van der Waals surface area contributed by atoms with Crippen LogP contribution in [0, 0.1) is 0 Å². The Morgan fingerprint density at radius 3 is 1.21 bits per heavy atom. The number of phosphoric ester groups is 1. The van der Waals surface area contributed by atoms with Crippen molar-refractivity contribution < 1.29 is 37.6 Å². The van der Waals surface area contributed by atoms with Gasteiger partial charge in [-0.25, -0.2) is 4.57 Å². The molecule has 0 aliphatic heterocycles. The predicted octanol–water partition coefficient (Wildman–Crippen LogP) is 18.5. The maximum absolute atomic E-state index is 12.6. The monoisotopic (exact) mass is 1020 g/mol. The van der Waals surface area contributed by atoms with Crippen molar-refractivity contribution in [1.82, 2.24) is 0 Å². The van der Waals surface area contributed by atoms with Gasteiger partial charge in [0.15, 0.2) is 6.10 Å². The van der Waals surface area contributed by atoms with Crippen LogP contribution in [0.2, 0.25) is 0 Å². The summed E-state index contributed by atoms with van der Waals surface area (Å²) in [5.41, 5.74) is 5.36. The van der Waals surface area contributed by atoms with Crippen LogP contribution in [0.5, 0.6) is 0 Å². The van der Waals surface area contributed by atoms with Crippen molar-refractivity contribution in [2.45, 2.75) is 277 Å². The van der Waals surface area contributed by atoms with E-state index in [0.717, 1.165) is 44.9 Å². The standard InChI is InChI=1S/C61H110NO8P/c1-3-5-7-9-11-13-15-17-19-20-21-22-23-24-25-26-27-28-29-30-31-32-33-34-35-36-37-38-40-41-43-45-47-49-51-53-60(63)67-57-59(58-69-71(65,66)68-56-55-62)70-61(64)54-52-50-48-46-44-42-39-18-16-14-12-10-8-6-4-2/h6,8,12,14,18,20-21,39,44,46,50,52,59H,3-5,7,9-11,13,15-17,19,22-38,40-43,45,47-49,51,53-58,62H2,1-2H3,(H,65,66)/b8-6-,14-12-,21-20-,39-18-,46-44-,52-50-. The Bertz CT molecular complexity index is 1390. The number of nitrogens with two attached hydrogens (primary N) is 1. The SMILES string of the molecule is CC/C=C\C/C=C\C/C=C\C/C=C\C/C=C\CC(=O)OC(COC(=O)CCCCCCCCCCCCCCCCCCCCCCCCC/C=C\CCCCCCCCCC)COP(=O)(O)OCCN. The van der Waals surface area contributed by atoms with Gasteiger partial charge in [-0.2, -0.15) is 0 Å². The van der Waals surface area contributed by atoms with E-state index in [-0.39, 0.29) is 32.6 Å². The van der Waals surface area contributed by atoms with Gasteiger partial charge < -0.3 is 20.1 Å². The van der Waals surface area contributed by atoms with Gasteiger partial charge in [0, 0.05) is 13.0 Å². The average Bonchev–Trinajstić information content (AvgIpc) is 3.36. The van der Waals surface area contributed by atoms with E-state index in [4.69, 9.17) is 24.3 Å². The number of esters is 2. The fourth-order valence-corrected chi connectivity index (χ4v) is 9.06. The zero-order valence-corrected chi connectivity index (χ0v) is 46.8. The first-order valence-corrected chi connectivity index (χ1v) is 30.9. The molecule has 0 amide bonds. The Labute approximate surface area is 437 Å². The molecule has 2 unspecified atom stereocenters. The van der Waals surface area contributed by atoms with E-state index in [0.29, 0.717) is 6.42 Å². The lowest BCUT2D eigenvalue weighted by Gasteiger charge is -2.19. The number of unbranched alkanes of at least 4 members (excludes halogenated alkanes) is 31.